The van der Waals surface area contributed by atoms with E-state index in [1.165, 1.54) is 0 Å². The molecule has 0 amide bonds. The molecular formula is C25H40N6OS. The zero-order chi connectivity index (χ0) is 23.7. The molecule has 0 spiro atoms. The highest BCUT2D eigenvalue weighted by molar-refractivity contribution is 7.99. The molecule has 1 saturated heterocycles. The van der Waals surface area contributed by atoms with Crippen LogP contribution in [0.25, 0.3) is 0 Å². The lowest BCUT2D eigenvalue weighted by Gasteiger charge is -2.31. The number of hydrogen-bond acceptors (Lipinski definition) is 8. The number of anilines is 2. The Morgan fingerprint density at radius 3 is 2.09 bits per heavy atom. The van der Waals surface area contributed by atoms with Crippen molar-refractivity contribution >= 4 is 23.4 Å². The first-order valence-corrected chi connectivity index (χ1v) is 13.3. The van der Waals surface area contributed by atoms with Gasteiger partial charge < -0.3 is 15.4 Å². The van der Waals surface area contributed by atoms with Gasteiger partial charge >= 0.3 is 0 Å². The van der Waals surface area contributed by atoms with Crippen molar-refractivity contribution in [3.05, 3.63) is 36.2 Å². The van der Waals surface area contributed by atoms with Crippen LogP contribution in [-0.2, 0) is 15.6 Å². The highest BCUT2D eigenvalue weighted by atomic mass is 32.2. The molecule has 0 saturated carbocycles. The molecule has 0 unspecified atom stereocenters. The second-order valence-electron chi connectivity index (χ2n) is 10.00. The molecule has 0 aromatic carbocycles. The Morgan fingerprint density at radius 2 is 1.48 bits per heavy atom. The molecule has 1 aliphatic rings. The van der Waals surface area contributed by atoms with Crippen molar-refractivity contribution in [2.45, 2.75) is 77.2 Å². The van der Waals surface area contributed by atoms with Gasteiger partial charge in [0.05, 0.1) is 11.4 Å². The number of thioether (sulfide) groups is 1. The Morgan fingerprint density at radius 1 is 0.909 bits per heavy atom. The van der Waals surface area contributed by atoms with Crippen LogP contribution < -0.4 is 10.6 Å². The van der Waals surface area contributed by atoms with Crippen LogP contribution in [0.4, 0.5) is 11.6 Å². The van der Waals surface area contributed by atoms with Gasteiger partial charge in [-0.25, -0.2) is 19.9 Å². The van der Waals surface area contributed by atoms with Crippen LogP contribution in [0.5, 0.6) is 0 Å². The molecule has 1 fully saturated rings. The predicted octanol–water partition coefficient (Wildman–Crippen LogP) is 5.06. The van der Waals surface area contributed by atoms with Gasteiger partial charge in [0.2, 0.25) is 0 Å². The molecule has 0 bridgehead atoms. The average Bonchev–Trinajstić information content (AvgIpc) is 2.82. The molecule has 0 atom stereocenters. The Labute approximate surface area is 203 Å². The zero-order valence-corrected chi connectivity index (χ0v) is 21.7. The topological polar surface area (TPSA) is 84.9 Å². The number of aromatic nitrogens is 4. The Bertz CT molecular complexity index is 869. The van der Waals surface area contributed by atoms with Crippen LogP contribution in [0.15, 0.2) is 24.8 Å². The number of rotatable bonds is 12. The Hall–Kier alpha value is -1.93. The van der Waals surface area contributed by atoms with E-state index < -0.39 is 0 Å². The second-order valence-corrected chi connectivity index (χ2v) is 11.4. The lowest BCUT2D eigenvalue weighted by molar-refractivity contribution is 0.0904. The van der Waals surface area contributed by atoms with Gasteiger partial charge in [-0.05, 0) is 31.4 Å². The smallest absolute Gasteiger partial charge is 0.129 e. The summed E-state index contributed by atoms with van der Waals surface area (Å²) in [7, 11) is 0. The summed E-state index contributed by atoms with van der Waals surface area (Å²) >= 11 is 1.93. The van der Waals surface area contributed by atoms with E-state index in [1.807, 2.05) is 11.8 Å². The summed E-state index contributed by atoms with van der Waals surface area (Å²) in [4.78, 5) is 18.1. The van der Waals surface area contributed by atoms with Crippen molar-refractivity contribution in [1.29, 1.82) is 0 Å². The van der Waals surface area contributed by atoms with Crippen LogP contribution in [-0.4, -0.2) is 57.2 Å². The van der Waals surface area contributed by atoms with Gasteiger partial charge in [-0.2, -0.15) is 11.8 Å². The van der Waals surface area contributed by atoms with Crippen LogP contribution in [0, 0.1) is 0 Å². The van der Waals surface area contributed by atoms with Crippen molar-refractivity contribution in [3.8, 4) is 0 Å². The Kier molecular flexibility index (Phi) is 9.32. The first kappa shape index (κ1) is 25.7. The van der Waals surface area contributed by atoms with Crippen LogP contribution in [0.1, 0.15) is 71.7 Å². The maximum Gasteiger partial charge on any atom is 0.129 e. The third-order valence-electron chi connectivity index (χ3n) is 6.43. The fourth-order valence-corrected chi connectivity index (χ4v) is 4.49. The molecule has 2 aromatic rings. The predicted molar refractivity (Wildman–Crippen MR) is 138 cm³/mol. The van der Waals surface area contributed by atoms with Crippen LogP contribution in [0.2, 0.25) is 0 Å². The molecular weight excluding hydrogens is 432 g/mol. The quantitative estimate of drug-likeness (QED) is 0.415. The summed E-state index contributed by atoms with van der Waals surface area (Å²) in [5.41, 5.74) is 2.01. The van der Waals surface area contributed by atoms with Gasteiger partial charge in [-0.3, -0.25) is 0 Å². The summed E-state index contributed by atoms with van der Waals surface area (Å²) in [6, 6.07) is 4.64. The average molecular weight is 473 g/mol. The molecule has 1 aliphatic heterocycles. The first-order valence-electron chi connectivity index (χ1n) is 12.1. The SMILES string of the molecule is CCSCCNc1cc(C(C)(C)CCC(C)(C)c2cc(NC3CCOCC3)ncn2)ncn1. The molecule has 33 heavy (non-hydrogen) atoms. The summed E-state index contributed by atoms with van der Waals surface area (Å²) in [6.45, 7) is 13.8. The minimum absolute atomic E-state index is 0.0645. The van der Waals surface area contributed by atoms with E-state index in [9.17, 15) is 0 Å². The highest BCUT2D eigenvalue weighted by Gasteiger charge is 2.29. The monoisotopic (exact) mass is 472 g/mol. The molecule has 8 heteroatoms. The van der Waals surface area contributed by atoms with E-state index in [2.05, 4.69) is 77.3 Å². The minimum atomic E-state index is -0.0716. The molecule has 3 rings (SSSR count). The van der Waals surface area contributed by atoms with E-state index in [-0.39, 0.29) is 10.8 Å². The Balaban J connectivity index is 1.61. The minimum Gasteiger partial charge on any atom is -0.381 e. The number of hydrogen-bond donors (Lipinski definition) is 2. The second kappa shape index (κ2) is 12.0. The van der Waals surface area contributed by atoms with E-state index in [4.69, 9.17) is 4.74 Å². The molecule has 182 valence electrons. The fraction of sp³-hybridized carbons (Fsp3) is 0.680. The van der Waals surface area contributed by atoms with Crippen molar-refractivity contribution < 1.29 is 4.74 Å². The van der Waals surface area contributed by atoms with Crippen molar-refractivity contribution in [1.82, 2.24) is 19.9 Å². The maximum atomic E-state index is 5.47. The van der Waals surface area contributed by atoms with Gasteiger partial charge in [0.1, 0.15) is 24.3 Å². The number of ether oxygens (including phenoxy) is 1. The van der Waals surface area contributed by atoms with Gasteiger partial charge in [-0.1, -0.05) is 34.6 Å². The van der Waals surface area contributed by atoms with Gasteiger partial charge in [-0.15, -0.1) is 0 Å². The van der Waals surface area contributed by atoms with E-state index >= 15 is 0 Å². The van der Waals surface area contributed by atoms with Gasteiger partial charge in [0.15, 0.2) is 0 Å². The normalized spacial score (nSPS) is 15.4. The fourth-order valence-electron chi connectivity index (χ4n) is 3.96. The third-order valence-corrected chi connectivity index (χ3v) is 7.33. The molecule has 2 N–H and O–H groups in total. The van der Waals surface area contributed by atoms with E-state index in [0.29, 0.717) is 6.04 Å². The standard InChI is InChI=1S/C25H40N6OS/c1-6-33-14-11-26-22-15-20(27-17-29-22)24(2,3)9-10-25(4,5)21-16-23(30-18-28-21)31-19-7-12-32-13-8-19/h15-19H,6-14H2,1-5H3,(H,26,27,29)(H,28,30,31). The summed E-state index contributed by atoms with van der Waals surface area (Å²) < 4.78 is 5.47. The highest BCUT2D eigenvalue weighted by Crippen LogP contribution is 2.35. The number of nitrogens with one attached hydrogen (secondary N) is 2. The summed E-state index contributed by atoms with van der Waals surface area (Å²) in [5.74, 6) is 4.03. The lowest BCUT2D eigenvalue weighted by atomic mass is 9.75. The molecule has 0 aliphatic carbocycles. The van der Waals surface area contributed by atoms with Crippen LogP contribution >= 0.6 is 11.8 Å². The zero-order valence-electron chi connectivity index (χ0n) is 20.9. The van der Waals surface area contributed by atoms with Crippen molar-refractivity contribution in [2.75, 3.05) is 41.9 Å². The van der Waals surface area contributed by atoms with E-state index in [1.54, 1.807) is 12.7 Å². The summed E-state index contributed by atoms with van der Waals surface area (Å²) in [5, 5.41) is 6.99. The van der Waals surface area contributed by atoms with E-state index in [0.717, 1.165) is 80.0 Å². The first-order chi connectivity index (χ1) is 15.8. The molecule has 3 heterocycles. The van der Waals surface area contributed by atoms with Gasteiger partial charge in [0.25, 0.3) is 0 Å². The molecule has 7 nitrogen and oxygen atoms in total. The molecule has 0 radical (unpaired) electrons. The van der Waals surface area contributed by atoms with Crippen molar-refractivity contribution in [3.63, 3.8) is 0 Å². The largest absolute Gasteiger partial charge is 0.381 e. The number of nitrogens with zero attached hydrogens (tertiary/aromatic N) is 4. The van der Waals surface area contributed by atoms with Gasteiger partial charge in [0, 0.05) is 54.5 Å². The van der Waals surface area contributed by atoms with Crippen LogP contribution in [0.3, 0.4) is 0 Å². The third kappa shape index (κ3) is 7.81. The molecule has 2 aromatic heterocycles. The van der Waals surface area contributed by atoms with Crippen molar-refractivity contribution in [2.24, 2.45) is 0 Å². The summed E-state index contributed by atoms with van der Waals surface area (Å²) in [6.07, 6.45) is 7.38. The maximum absolute atomic E-state index is 5.47. The lowest BCUT2D eigenvalue weighted by Crippen LogP contribution is -2.29.